The van der Waals surface area contributed by atoms with E-state index in [1.807, 2.05) is 65.8 Å². The molecule has 104 valence electrons. The fourth-order valence-corrected chi connectivity index (χ4v) is 1.74. The van der Waals surface area contributed by atoms with Crippen LogP contribution in [0.25, 0.3) is 0 Å². The summed E-state index contributed by atoms with van der Waals surface area (Å²) in [5.74, 6) is 0.242. The Morgan fingerprint density at radius 1 is 0.895 bits per heavy atom. The molecular formula is C17H24O2. The summed E-state index contributed by atoms with van der Waals surface area (Å²) in [6.45, 7) is 11.4. The van der Waals surface area contributed by atoms with Gasteiger partial charge in [-0.3, -0.25) is 9.59 Å². The zero-order valence-corrected chi connectivity index (χ0v) is 12.8. The van der Waals surface area contributed by atoms with Crippen LogP contribution in [-0.4, -0.2) is 11.6 Å². The molecule has 0 aliphatic heterocycles. The molecule has 1 aromatic carbocycles. The molecule has 2 nitrogen and oxygen atoms in total. The topological polar surface area (TPSA) is 34.1 Å². The van der Waals surface area contributed by atoms with Crippen LogP contribution in [0.4, 0.5) is 0 Å². The number of hydrogen-bond donors (Lipinski definition) is 0. The van der Waals surface area contributed by atoms with Crippen molar-refractivity contribution in [1.29, 1.82) is 0 Å². The second kappa shape index (κ2) is 5.28. The molecule has 0 bridgehead atoms. The average molecular weight is 260 g/mol. The van der Waals surface area contributed by atoms with Gasteiger partial charge in [0.05, 0.1) is 0 Å². The molecule has 0 spiro atoms. The first-order valence-corrected chi connectivity index (χ1v) is 6.69. The molecule has 19 heavy (non-hydrogen) atoms. The maximum Gasteiger partial charge on any atom is 0.168 e. The van der Waals surface area contributed by atoms with Gasteiger partial charge >= 0.3 is 0 Å². The van der Waals surface area contributed by atoms with Crippen molar-refractivity contribution in [2.24, 2.45) is 10.8 Å². The molecule has 1 rings (SSSR count). The fourth-order valence-electron chi connectivity index (χ4n) is 1.74. The number of carbonyl (C=O) groups is 2. The minimum Gasteiger partial charge on any atom is -0.299 e. The largest absolute Gasteiger partial charge is 0.299 e. The van der Waals surface area contributed by atoms with Crippen LogP contribution in [0.2, 0.25) is 0 Å². The van der Waals surface area contributed by atoms with E-state index in [4.69, 9.17) is 0 Å². The SMILES string of the molecule is CC(C)(C)C(=O)Cc1ccccc1C(=O)C(C)(C)C. The van der Waals surface area contributed by atoms with E-state index < -0.39 is 5.41 Å². The van der Waals surface area contributed by atoms with Gasteiger partial charge in [0.15, 0.2) is 5.78 Å². The molecule has 0 heterocycles. The van der Waals surface area contributed by atoms with Crippen molar-refractivity contribution in [3.05, 3.63) is 35.4 Å². The first-order chi connectivity index (χ1) is 8.53. The summed E-state index contributed by atoms with van der Waals surface area (Å²) < 4.78 is 0. The molecule has 2 heteroatoms. The van der Waals surface area contributed by atoms with Crippen LogP contribution in [-0.2, 0) is 11.2 Å². The molecule has 0 aliphatic rings. The Bertz CT molecular complexity index is 485. The second-order valence-corrected chi connectivity index (χ2v) is 7.09. The number of carbonyl (C=O) groups excluding carboxylic acids is 2. The zero-order chi connectivity index (χ0) is 14.8. The summed E-state index contributed by atoms with van der Waals surface area (Å²) in [5.41, 5.74) is 0.702. The van der Waals surface area contributed by atoms with Crippen molar-refractivity contribution in [1.82, 2.24) is 0 Å². The first-order valence-electron chi connectivity index (χ1n) is 6.69. The highest BCUT2D eigenvalue weighted by Crippen LogP contribution is 2.25. The van der Waals surface area contributed by atoms with Crippen LogP contribution in [0, 0.1) is 10.8 Å². The molecule has 1 aromatic rings. The van der Waals surface area contributed by atoms with Gasteiger partial charge in [-0.25, -0.2) is 0 Å². The normalized spacial score (nSPS) is 12.3. The smallest absolute Gasteiger partial charge is 0.168 e. The van der Waals surface area contributed by atoms with Gasteiger partial charge in [-0.15, -0.1) is 0 Å². The average Bonchev–Trinajstić information content (AvgIpc) is 2.26. The third-order valence-electron chi connectivity index (χ3n) is 3.13. The van der Waals surface area contributed by atoms with Gasteiger partial charge in [0.2, 0.25) is 0 Å². The van der Waals surface area contributed by atoms with E-state index in [0.717, 1.165) is 5.56 Å². The van der Waals surface area contributed by atoms with Crippen LogP contribution in [0.5, 0.6) is 0 Å². The van der Waals surface area contributed by atoms with E-state index >= 15 is 0 Å². The highest BCUT2D eigenvalue weighted by molar-refractivity contribution is 6.02. The number of hydrogen-bond acceptors (Lipinski definition) is 2. The lowest BCUT2D eigenvalue weighted by Crippen LogP contribution is -2.25. The lowest BCUT2D eigenvalue weighted by Gasteiger charge is -2.21. The van der Waals surface area contributed by atoms with Gasteiger partial charge in [-0.05, 0) is 5.56 Å². The Hall–Kier alpha value is -1.44. The zero-order valence-electron chi connectivity index (χ0n) is 12.8. The Balaban J connectivity index is 3.11. The number of ketones is 2. The molecule has 0 aromatic heterocycles. The summed E-state index contributed by atoms with van der Waals surface area (Å²) in [6, 6.07) is 7.43. The Kier molecular flexibility index (Phi) is 4.34. The lowest BCUT2D eigenvalue weighted by molar-refractivity contribution is -0.125. The molecule has 0 radical (unpaired) electrons. The Morgan fingerprint density at radius 2 is 1.42 bits per heavy atom. The van der Waals surface area contributed by atoms with Crippen LogP contribution in [0.15, 0.2) is 24.3 Å². The van der Waals surface area contributed by atoms with Crippen molar-refractivity contribution in [3.63, 3.8) is 0 Å². The maximum atomic E-state index is 12.4. The van der Waals surface area contributed by atoms with Gasteiger partial charge in [0, 0.05) is 22.8 Å². The molecule has 0 atom stereocenters. The lowest BCUT2D eigenvalue weighted by atomic mass is 9.81. The Labute approximate surface area is 116 Å². The molecule has 0 unspecified atom stereocenters. The summed E-state index contributed by atoms with van der Waals surface area (Å²) in [6.07, 6.45) is 0.321. The summed E-state index contributed by atoms with van der Waals surface area (Å²) >= 11 is 0. The predicted octanol–water partition coefficient (Wildman–Crippen LogP) is 4.07. The van der Waals surface area contributed by atoms with Crippen molar-refractivity contribution in [2.75, 3.05) is 0 Å². The van der Waals surface area contributed by atoms with Crippen LogP contribution >= 0.6 is 0 Å². The second-order valence-electron chi connectivity index (χ2n) is 7.09. The molecule has 0 fully saturated rings. The molecule has 0 saturated heterocycles. The Morgan fingerprint density at radius 3 is 1.89 bits per heavy atom. The molecule has 0 N–H and O–H groups in total. The van der Waals surface area contributed by atoms with Gasteiger partial charge in [0.25, 0.3) is 0 Å². The van der Waals surface area contributed by atoms with E-state index in [1.165, 1.54) is 0 Å². The van der Waals surface area contributed by atoms with Gasteiger partial charge in [-0.2, -0.15) is 0 Å². The van der Waals surface area contributed by atoms with Crippen LogP contribution in [0.1, 0.15) is 57.5 Å². The van der Waals surface area contributed by atoms with E-state index in [2.05, 4.69) is 0 Å². The highest BCUT2D eigenvalue weighted by atomic mass is 16.1. The highest BCUT2D eigenvalue weighted by Gasteiger charge is 2.27. The summed E-state index contributed by atoms with van der Waals surface area (Å²) in [7, 11) is 0. The third-order valence-corrected chi connectivity index (χ3v) is 3.13. The quantitative estimate of drug-likeness (QED) is 0.768. The van der Waals surface area contributed by atoms with E-state index in [-0.39, 0.29) is 17.0 Å². The first kappa shape index (κ1) is 15.6. The monoisotopic (exact) mass is 260 g/mol. The summed E-state index contributed by atoms with van der Waals surface area (Å²) in [5, 5.41) is 0. The van der Waals surface area contributed by atoms with E-state index in [1.54, 1.807) is 0 Å². The predicted molar refractivity (Wildman–Crippen MR) is 78.4 cm³/mol. The summed E-state index contributed by atoms with van der Waals surface area (Å²) in [4.78, 5) is 24.6. The van der Waals surface area contributed by atoms with Crippen LogP contribution in [0.3, 0.4) is 0 Å². The van der Waals surface area contributed by atoms with Crippen molar-refractivity contribution < 1.29 is 9.59 Å². The molecule has 0 aliphatic carbocycles. The standard InChI is InChI=1S/C17H24O2/c1-16(2,3)14(18)11-12-9-7-8-10-13(12)15(19)17(4,5)6/h7-10H,11H2,1-6H3. The maximum absolute atomic E-state index is 12.4. The molecular weight excluding hydrogens is 236 g/mol. The minimum atomic E-state index is -0.430. The van der Waals surface area contributed by atoms with Crippen molar-refractivity contribution in [3.8, 4) is 0 Å². The fraction of sp³-hybridized carbons (Fsp3) is 0.529. The van der Waals surface area contributed by atoms with Crippen LogP contribution < -0.4 is 0 Å². The minimum absolute atomic E-state index is 0.0878. The third kappa shape index (κ3) is 4.02. The van der Waals surface area contributed by atoms with Gasteiger partial charge < -0.3 is 0 Å². The number of benzene rings is 1. The van der Waals surface area contributed by atoms with Crippen molar-refractivity contribution in [2.45, 2.75) is 48.0 Å². The van der Waals surface area contributed by atoms with Gasteiger partial charge in [-0.1, -0.05) is 65.8 Å². The van der Waals surface area contributed by atoms with E-state index in [0.29, 0.717) is 12.0 Å². The molecule has 0 saturated carbocycles. The van der Waals surface area contributed by atoms with Crippen molar-refractivity contribution >= 4 is 11.6 Å². The molecule has 0 amide bonds. The number of Topliss-reactive ketones (excluding diaryl/α,β-unsaturated/α-hetero) is 2. The van der Waals surface area contributed by atoms with E-state index in [9.17, 15) is 9.59 Å². The number of rotatable bonds is 3. The van der Waals surface area contributed by atoms with Gasteiger partial charge in [0.1, 0.15) is 5.78 Å².